The number of allylic oxidation sites excluding steroid dienone is 1. The van der Waals surface area contributed by atoms with Gasteiger partial charge in [0.15, 0.2) is 16.6 Å². The highest BCUT2D eigenvalue weighted by Gasteiger charge is 2.33. The van der Waals surface area contributed by atoms with Crippen molar-refractivity contribution in [2.45, 2.75) is 19.6 Å². The third-order valence-corrected chi connectivity index (χ3v) is 4.29. The van der Waals surface area contributed by atoms with Crippen LogP contribution >= 0.6 is 12.2 Å². The van der Waals surface area contributed by atoms with Crippen LogP contribution in [0.2, 0.25) is 0 Å². The molecule has 0 saturated carbocycles. The maximum atomic E-state index is 12.6. The van der Waals surface area contributed by atoms with E-state index < -0.39 is 18.6 Å². The molecule has 1 aliphatic heterocycles. The van der Waals surface area contributed by atoms with E-state index >= 15 is 0 Å². The number of alkyl halides is 2. The second kappa shape index (κ2) is 7.64. The number of carbonyl (C=O) groups excluding carboxylic acids is 1. The van der Waals surface area contributed by atoms with Crippen LogP contribution in [-0.4, -0.2) is 43.9 Å². The normalized spacial score (nSPS) is 17.5. The largest absolute Gasteiger partial charge is 0.493 e. The summed E-state index contributed by atoms with van der Waals surface area (Å²) in [6.07, 6.45) is 0. The molecule has 2 rings (SSSR count). The zero-order valence-corrected chi connectivity index (χ0v) is 14.9. The predicted octanol–water partition coefficient (Wildman–Crippen LogP) is 2.60. The average Bonchev–Trinajstić information content (AvgIpc) is 2.58. The molecule has 136 valence electrons. The van der Waals surface area contributed by atoms with Crippen molar-refractivity contribution in [1.82, 2.24) is 10.2 Å². The molecule has 0 amide bonds. The van der Waals surface area contributed by atoms with Gasteiger partial charge in [-0.15, -0.1) is 0 Å². The number of rotatable bonds is 5. The van der Waals surface area contributed by atoms with Crippen LogP contribution in [-0.2, 0) is 9.53 Å². The molecule has 0 radical (unpaired) electrons. The Bertz CT molecular complexity index is 724. The smallest absolute Gasteiger partial charge is 0.387 e. The summed E-state index contributed by atoms with van der Waals surface area (Å²) in [6, 6.07) is 3.84. The number of hydrogen-bond acceptors (Lipinski definition) is 5. The Balaban J connectivity index is 2.54. The van der Waals surface area contributed by atoms with Crippen LogP contribution in [0.25, 0.3) is 0 Å². The monoisotopic (exact) mass is 372 g/mol. The number of methoxy groups -OCH3 is 2. The van der Waals surface area contributed by atoms with E-state index in [0.717, 1.165) is 0 Å². The van der Waals surface area contributed by atoms with Gasteiger partial charge >= 0.3 is 12.6 Å². The summed E-state index contributed by atoms with van der Waals surface area (Å²) in [5.74, 6) is -0.528. The molecule has 6 nitrogen and oxygen atoms in total. The van der Waals surface area contributed by atoms with E-state index in [4.69, 9.17) is 21.7 Å². The lowest BCUT2D eigenvalue weighted by Gasteiger charge is -2.35. The maximum Gasteiger partial charge on any atom is 0.387 e. The van der Waals surface area contributed by atoms with Crippen LogP contribution in [0.1, 0.15) is 18.5 Å². The number of esters is 1. The fourth-order valence-corrected chi connectivity index (χ4v) is 2.78. The van der Waals surface area contributed by atoms with E-state index in [0.29, 0.717) is 21.9 Å². The third-order valence-electron chi connectivity index (χ3n) is 3.90. The first-order valence-corrected chi connectivity index (χ1v) is 7.67. The summed E-state index contributed by atoms with van der Waals surface area (Å²) in [6.45, 7) is -1.28. The van der Waals surface area contributed by atoms with Crippen LogP contribution in [0.3, 0.4) is 0 Å². The van der Waals surface area contributed by atoms with Crippen LogP contribution in [0.15, 0.2) is 29.5 Å². The molecule has 0 spiro atoms. The Hall–Kier alpha value is -2.42. The van der Waals surface area contributed by atoms with Crippen LogP contribution in [0, 0.1) is 0 Å². The summed E-state index contributed by atoms with van der Waals surface area (Å²) >= 11 is 5.26. The van der Waals surface area contributed by atoms with Gasteiger partial charge in [-0.05, 0) is 36.8 Å². The standard InChI is InChI=1S/C16H18F2N2O4S/c1-8-12(14(21)23-4)13(19-16(25)20(8)2)9-5-6-10(22-3)11(7-9)24-15(17)18/h5-7,13,15H,1-4H3,(H,19,25). The van der Waals surface area contributed by atoms with Crippen molar-refractivity contribution in [3.8, 4) is 11.5 Å². The van der Waals surface area contributed by atoms with Crippen LogP contribution < -0.4 is 14.8 Å². The fourth-order valence-electron chi connectivity index (χ4n) is 2.52. The number of halogens is 2. The lowest BCUT2D eigenvalue weighted by atomic mass is 9.95. The molecular formula is C16H18F2N2O4S. The zero-order valence-electron chi connectivity index (χ0n) is 14.1. The fraction of sp³-hybridized carbons (Fsp3) is 0.375. The molecule has 0 saturated heterocycles. The minimum Gasteiger partial charge on any atom is -0.493 e. The summed E-state index contributed by atoms with van der Waals surface area (Å²) in [5, 5.41) is 3.40. The molecule has 0 aliphatic carbocycles. The first-order valence-electron chi connectivity index (χ1n) is 7.26. The van der Waals surface area contributed by atoms with Gasteiger partial charge < -0.3 is 24.4 Å². The molecule has 1 aromatic rings. The van der Waals surface area contributed by atoms with Gasteiger partial charge in [-0.2, -0.15) is 8.78 Å². The molecule has 9 heteroatoms. The van der Waals surface area contributed by atoms with Gasteiger partial charge in [0.2, 0.25) is 0 Å². The van der Waals surface area contributed by atoms with E-state index in [9.17, 15) is 13.6 Å². The van der Waals surface area contributed by atoms with Crippen LogP contribution in [0.4, 0.5) is 8.78 Å². The highest BCUT2D eigenvalue weighted by atomic mass is 32.1. The number of carbonyl (C=O) groups is 1. The van der Waals surface area contributed by atoms with Gasteiger partial charge in [0.1, 0.15) is 0 Å². The summed E-state index contributed by atoms with van der Waals surface area (Å²) in [4.78, 5) is 13.9. The van der Waals surface area contributed by atoms with Crippen LogP contribution in [0.5, 0.6) is 11.5 Å². The Kier molecular flexibility index (Phi) is 5.78. The number of hydrogen-bond donors (Lipinski definition) is 1. The lowest BCUT2D eigenvalue weighted by molar-refractivity contribution is -0.136. The van der Waals surface area contributed by atoms with Gasteiger partial charge in [0.25, 0.3) is 0 Å². The number of nitrogens with one attached hydrogen (secondary N) is 1. The zero-order chi connectivity index (χ0) is 18.7. The third kappa shape index (κ3) is 3.81. The van der Waals surface area contributed by atoms with E-state index in [1.165, 1.54) is 26.4 Å². The van der Waals surface area contributed by atoms with Crippen molar-refractivity contribution in [3.63, 3.8) is 0 Å². The molecule has 1 aromatic carbocycles. The molecule has 1 unspecified atom stereocenters. The summed E-state index contributed by atoms with van der Waals surface area (Å²) < 4.78 is 39.7. The Morgan fingerprint density at radius 3 is 2.56 bits per heavy atom. The van der Waals surface area contributed by atoms with Crippen molar-refractivity contribution in [3.05, 3.63) is 35.0 Å². The van der Waals surface area contributed by atoms with Crippen molar-refractivity contribution >= 4 is 23.3 Å². The first kappa shape index (κ1) is 18.9. The SMILES string of the molecule is COC(=O)C1=C(C)N(C)C(=S)NC1c1ccc(OC)c(OC(F)F)c1. The summed E-state index contributed by atoms with van der Waals surface area (Å²) in [7, 11) is 4.33. The minimum absolute atomic E-state index is 0.136. The topological polar surface area (TPSA) is 60.0 Å². The highest BCUT2D eigenvalue weighted by Crippen LogP contribution is 2.36. The van der Waals surface area contributed by atoms with Gasteiger partial charge in [-0.3, -0.25) is 0 Å². The molecule has 1 aliphatic rings. The first-order chi connectivity index (χ1) is 11.8. The number of thiocarbonyl (C=S) groups is 1. The molecule has 0 aromatic heterocycles. The molecule has 1 heterocycles. The lowest BCUT2D eigenvalue weighted by Crippen LogP contribution is -2.46. The van der Waals surface area contributed by atoms with Gasteiger partial charge in [0.05, 0.1) is 25.8 Å². The minimum atomic E-state index is -3.01. The van der Waals surface area contributed by atoms with Gasteiger partial charge in [0, 0.05) is 12.7 Å². The van der Waals surface area contributed by atoms with E-state index in [2.05, 4.69) is 10.1 Å². The quantitative estimate of drug-likeness (QED) is 0.630. The van der Waals surface area contributed by atoms with Gasteiger partial charge in [-0.25, -0.2) is 4.79 Å². The number of nitrogens with zero attached hydrogens (tertiary/aromatic N) is 1. The van der Waals surface area contributed by atoms with Crippen molar-refractivity contribution in [1.29, 1.82) is 0 Å². The second-order valence-electron chi connectivity index (χ2n) is 5.22. The Morgan fingerprint density at radius 2 is 2.00 bits per heavy atom. The molecule has 1 N–H and O–H groups in total. The Morgan fingerprint density at radius 1 is 1.32 bits per heavy atom. The number of benzene rings is 1. The van der Waals surface area contributed by atoms with E-state index in [1.807, 2.05) is 0 Å². The average molecular weight is 372 g/mol. The molecule has 0 fully saturated rings. The molecule has 0 bridgehead atoms. The maximum absolute atomic E-state index is 12.6. The molecular weight excluding hydrogens is 354 g/mol. The van der Waals surface area contributed by atoms with Crippen molar-refractivity contribution in [2.75, 3.05) is 21.3 Å². The van der Waals surface area contributed by atoms with Crippen molar-refractivity contribution in [2.24, 2.45) is 0 Å². The summed E-state index contributed by atoms with van der Waals surface area (Å²) in [5.41, 5.74) is 1.44. The van der Waals surface area contributed by atoms with Gasteiger partial charge in [-0.1, -0.05) is 6.07 Å². The molecule has 1 atom stereocenters. The Labute approximate surface area is 149 Å². The van der Waals surface area contributed by atoms with E-state index in [-0.39, 0.29) is 11.5 Å². The van der Waals surface area contributed by atoms with Crippen molar-refractivity contribution < 1.29 is 27.8 Å². The molecule has 25 heavy (non-hydrogen) atoms. The second-order valence-corrected chi connectivity index (χ2v) is 5.61. The highest BCUT2D eigenvalue weighted by molar-refractivity contribution is 7.80. The number of ether oxygens (including phenoxy) is 3. The van der Waals surface area contributed by atoms with E-state index in [1.54, 1.807) is 24.9 Å². The predicted molar refractivity (Wildman–Crippen MR) is 90.6 cm³/mol.